The number of anilines is 1. The van der Waals surface area contributed by atoms with Gasteiger partial charge >= 0.3 is 0 Å². The van der Waals surface area contributed by atoms with Crippen LogP contribution in [-0.4, -0.2) is 63.4 Å². The van der Waals surface area contributed by atoms with Gasteiger partial charge in [0.1, 0.15) is 5.82 Å². The highest BCUT2D eigenvalue weighted by Gasteiger charge is 2.27. The van der Waals surface area contributed by atoms with E-state index < -0.39 is 10.0 Å². The maximum absolute atomic E-state index is 12.4. The third-order valence-electron chi connectivity index (χ3n) is 4.57. The summed E-state index contributed by atoms with van der Waals surface area (Å²) < 4.78 is 31.3. The first-order valence-corrected chi connectivity index (χ1v) is 10.2. The second-order valence-corrected chi connectivity index (χ2v) is 8.46. The highest BCUT2D eigenvalue weighted by molar-refractivity contribution is 7.89. The van der Waals surface area contributed by atoms with Crippen molar-refractivity contribution in [3.63, 3.8) is 0 Å². The van der Waals surface area contributed by atoms with Gasteiger partial charge in [0.15, 0.2) is 0 Å². The van der Waals surface area contributed by atoms with E-state index in [9.17, 15) is 8.42 Å². The molecule has 6 nitrogen and oxygen atoms in total. The van der Waals surface area contributed by atoms with Gasteiger partial charge in [-0.1, -0.05) is 18.2 Å². The van der Waals surface area contributed by atoms with E-state index in [2.05, 4.69) is 24.0 Å². The normalized spacial score (nSPS) is 16.5. The number of hydrogen-bond acceptors (Lipinski definition) is 5. The molecule has 1 saturated heterocycles. The number of fused-ring (bicyclic) bond motifs is 1. The zero-order valence-corrected chi connectivity index (χ0v) is 15.6. The van der Waals surface area contributed by atoms with Gasteiger partial charge in [0, 0.05) is 45.3 Å². The van der Waals surface area contributed by atoms with Crippen LogP contribution in [0.4, 0.5) is 5.82 Å². The van der Waals surface area contributed by atoms with Gasteiger partial charge in [0.2, 0.25) is 10.0 Å². The number of aromatic nitrogens is 1. The van der Waals surface area contributed by atoms with Gasteiger partial charge in [-0.25, -0.2) is 13.4 Å². The summed E-state index contributed by atoms with van der Waals surface area (Å²) in [6.45, 7) is 4.86. The zero-order valence-electron chi connectivity index (χ0n) is 14.8. The van der Waals surface area contributed by atoms with Crippen LogP contribution in [0.15, 0.2) is 30.3 Å². The molecule has 0 aliphatic carbocycles. The summed E-state index contributed by atoms with van der Waals surface area (Å²) in [7, 11) is -1.61. The first-order chi connectivity index (χ1) is 12.0. The van der Waals surface area contributed by atoms with E-state index in [4.69, 9.17) is 9.72 Å². The van der Waals surface area contributed by atoms with Crippen molar-refractivity contribution >= 4 is 26.7 Å². The third kappa shape index (κ3) is 4.11. The van der Waals surface area contributed by atoms with E-state index in [0.717, 1.165) is 22.3 Å². The Bertz CT molecular complexity index is 831. The van der Waals surface area contributed by atoms with E-state index in [1.165, 1.54) is 0 Å². The van der Waals surface area contributed by atoms with E-state index in [-0.39, 0.29) is 5.75 Å². The number of ether oxygens (including phenoxy) is 1. The van der Waals surface area contributed by atoms with Crippen LogP contribution in [-0.2, 0) is 14.8 Å². The Morgan fingerprint density at radius 3 is 2.60 bits per heavy atom. The van der Waals surface area contributed by atoms with Crippen LogP contribution >= 0.6 is 0 Å². The molecule has 1 aromatic carbocycles. The first kappa shape index (κ1) is 18.1. The van der Waals surface area contributed by atoms with Crippen LogP contribution in [0, 0.1) is 6.92 Å². The maximum atomic E-state index is 12.4. The van der Waals surface area contributed by atoms with Crippen molar-refractivity contribution in [1.82, 2.24) is 9.29 Å². The van der Waals surface area contributed by atoms with Gasteiger partial charge in [-0.05, 0) is 31.0 Å². The van der Waals surface area contributed by atoms with Gasteiger partial charge in [0.05, 0.1) is 11.3 Å². The molecule has 3 rings (SSSR count). The van der Waals surface area contributed by atoms with E-state index >= 15 is 0 Å². The summed E-state index contributed by atoms with van der Waals surface area (Å²) in [5.41, 5.74) is 2.09. The smallest absolute Gasteiger partial charge is 0.214 e. The average molecular weight is 363 g/mol. The van der Waals surface area contributed by atoms with Crippen molar-refractivity contribution in [3.8, 4) is 0 Å². The molecule has 1 aromatic heterocycles. The van der Waals surface area contributed by atoms with Crippen molar-refractivity contribution in [2.24, 2.45) is 0 Å². The molecule has 2 heterocycles. The van der Waals surface area contributed by atoms with Crippen molar-refractivity contribution in [2.75, 3.05) is 50.5 Å². The Morgan fingerprint density at radius 1 is 1.16 bits per heavy atom. The minimum Gasteiger partial charge on any atom is -0.385 e. The molecule has 0 spiro atoms. The summed E-state index contributed by atoms with van der Waals surface area (Å²) in [5, 5.41) is 1.13. The molecule has 0 saturated carbocycles. The standard InChI is InChI=1S/C18H25N3O3S/c1-15-14-16-6-3-4-7-17(16)19-18(15)20-8-10-21(11-9-20)25(22,23)13-5-12-24-2/h3-4,6-7,14H,5,8-13H2,1-2H3. The number of aryl methyl sites for hydroxylation is 1. The molecule has 7 heteroatoms. The molecule has 1 aliphatic heterocycles. The second-order valence-electron chi connectivity index (χ2n) is 6.37. The summed E-state index contributed by atoms with van der Waals surface area (Å²) >= 11 is 0. The molecule has 0 N–H and O–H groups in total. The van der Waals surface area contributed by atoms with Crippen LogP contribution < -0.4 is 4.90 Å². The summed E-state index contributed by atoms with van der Waals surface area (Å²) in [5.74, 6) is 1.10. The molecule has 0 atom stereocenters. The Hall–Kier alpha value is -1.70. The van der Waals surface area contributed by atoms with Crippen LogP contribution in [0.3, 0.4) is 0 Å². The summed E-state index contributed by atoms with van der Waals surface area (Å²) in [6, 6.07) is 10.2. The number of rotatable bonds is 6. The quantitative estimate of drug-likeness (QED) is 0.735. The van der Waals surface area contributed by atoms with Crippen molar-refractivity contribution < 1.29 is 13.2 Å². The lowest BCUT2D eigenvalue weighted by Gasteiger charge is -2.35. The summed E-state index contributed by atoms with van der Waals surface area (Å²) in [4.78, 5) is 6.97. The minimum absolute atomic E-state index is 0.147. The molecule has 1 fully saturated rings. The number of sulfonamides is 1. The molecule has 0 radical (unpaired) electrons. The highest BCUT2D eigenvalue weighted by Crippen LogP contribution is 2.24. The monoisotopic (exact) mass is 363 g/mol. The molecular formula is C18H25N3O3S. The van der Waals surface area contributed by atoms with E-state index in [1.807, 2.05) is 18.2 Å². The van der Waals surface area contributed by atoms with Crippen LogP contribution in [0.25, 0.3) is 10.9 Å². The van der Waals surface area contributed by atoms with Crippen molar-refractivity contribution in [3.05, 3.63) is 35.9 Å². The highest BCUT2D eigenvalue weighted by atomic mass is 32.2. The summed E-state index contributed by atoms with van der Waals surface area (Å²) in [6.07, 6.45) is 0.532. The third-order valence-corrected chi connectivity index (χ3v) is 6.53. The number of para-hydroxylation sites is 1. The van der Waals surface area contributed by atoms with Gasteiger partial charge in [-0.3, -0.25) is 0 Å². The fourth-order valence-corrected chi connectivity index (χ4v) is 4.68. The molecule has 0 amide bonds. The van der Waals surface area contributed by atoms with Crippen LogP contribution in [0.5, 0.6) is 0 Å². The number of pyridine rings is 1. The molecule has 1 aliphatic rings. The lowest BCUT2D eigenvalue weighted by molar-refractivity contribution is 0.199. The predicted octanol–water partition coefficient (Wildman–Crippen LogP) is 2.03. The number of piperazine rings is 1. The van der Waals surface area contributed by atoms with Gasteiger partial charge in [-0.2, -0.15) is 4.31 Å². The van der Waals surface area contributed by atoms with E-state index in [0.29, 0.717) is 39.2 Å². The van der Waals surface area contributed by atoms with Gasteiger partial charge in [-0.15, -0.1) is 0 Å². The van der Waals surface area contributed by atoms with Gasteiger partial charge in [0.25, 0.3) is 0 Å². The molecule has 0 unspecified atom stereocenters. The SMILES string of the molecule is COCCCS(=O)(=O)N1CCN(c2nc3ccccc3cc2C)CC1. The van der Waals surface area contributed by atoms with Crippen LogP contribution in [0.1, 0.15) is 12.0 Å². The Labute approximate surface area is 149 Å². The fraction of sp³-hybridized carbons (Fsp3) is 0.500. The number of nitrogens with zero attached hydrogens (tertiary/aromatic N) is 3. The average Bonchev–Trinajstić information content (AvgIpc) is 2.61. The topological polar surface area (TPSA) is 62.7 Å². The largest absolute Gasteiger partial charge is 0.385 e. The van der Waals surface area contributed by atoms with E-state index in [1.54, 1.807) is 11.4 Å². The maximum Gasteiger partial charge on any atom is 0.214 e. The first-order valence-electron chi connectivity index (χ1n) is 8.59. The minimum atomic E-state index is -3.20. The number of hydrogen-bond donors (Lipinski definition) is 0. The molecular weight excluding hydrogens is 338 g/mol. The molecule has 2 aromatic rings. The molecule has 25 heavy (non-hydrogen) atoms. The predicted molar refractivity (Wildman–Crippen MR) is 101 cm³/mol. The Kier molecular flexibility index (Phi) is 5.56. The lowest BCUT2D eigenvalue weighted by Crippen LogP contribution is -2.49. The lowest BCUT2D eigenvalue weighted by atomic mass is 10.1. The van der Waals surface area contributed by atoms with Gasteiger partial charge < -0.3 is 9.64 Å². The Morgan fingerprint density at radius 2 is 1.88 bits per heavy atom. The molecule has 0 bridgehead atoms. The van der Waals surface area contributed by atoms with Crippen LogP contribution in [0.2, 0.25) is 0 Å². The zero-order chi connectivity index (χ0) is 17.9. The fourth-order valence-electron chi connectivity index (χ4n) is 3.22. The van der Waals surface area contributed by atoms with Crippen molar-refractivity contribution in [1.29, 1.82) is 0 Å². The number of methoxy groups -OCH3 is 1. The second kappa shape index (κ2) is 7.68. The van der Waals surface area contributed by atoms with Crippen molar-refractivity contribution in [2.45, 2.75) is 13.3 Å². The number of benzene rings is 1. The Balaban J connectivity index is 1.69. The molecule has 136 valence electrons.